The molecule has 1 N–H and O–H groups in total. The second-order valence-corrected chi connectivity index (χ2v) is 5.39. The van der Waals surface area contributed by atoms with E-state index in [1.807, 2.05) is 0 Å². The fourth-order valence-electron chi connectivity index (χ4n) is 2.26. The molecule has 0 spiro atoms. The van der Waals surface area contributed by atoms with Crippen LogP contribution in [0.3, 0.4) is 0 Å². The second kappa shape index (κ2) is 6.47. The van der Waals surface area contributed by atoms with Crippen molar-refractivity contribution in [2.45, 2.75) is 13.2 Å². The van der Waals surface area contributed by atoms with Gasteiger partial charge < -0.3 is 19.5 Å². The number of hydrogen-bond donors (Lipinski definition) is 1. The fourth-order valence-corrected chi connectivity index (χ4v) is 2.26. The number of benzene rings is 2. The van der Waals surface area contributed by atoms with Crippen molar-refractivity contribution in [2.75, 3.05) is 11.9 Å². The number of nitro groups is 1. The van der Waals surface area contributed by atoms with E-state index in [0.717, 1.165) is 0 Å². The summed E-state index contributed by atoms with van der Waals surface area (Å²) in [6.45, 7) is 1.18. The Balaban J connectivity index is 1.63. The third-order valence-corrected chi connectivity index (χ3v) is 3.35. The van der Waals surface area contributed by atoms with Gasteiger partial charge in [-0.1, -0.05) is 6.07 Å². The van der Waals surface area contributed by atoms with E-state index in [9.17, 15) is 23.7 Å². The van der Waals surface area contributed by atoms with Gasteiger partial charge in [0.05, 0.1) is 4.92 Å². The molecule has 0 saturated heterocycles. The number of nitrogens with one attached hydrogen (secondary N) is 1. The minimum absolute atomic E-state index is 0.0546. The number of halogens is 2. The molecule has 2 aromatic carbocycles. The largest absolute Gasteiger partial charge is 0.586 e. The smallest absolute Gasteiger partial charge is 0.477 e. The molecule has 0 atom stereocenters. The van der Waals surface area contributed by atoms with Gasteiger partial charge in [0.25, 0.3) is 5.91 Å². The van der Waals surface area contributed by atoms with Gasteiger partial charge in [-0.05, 0) is 30.7 Å². The number of rotatable bonds is 5. The van der Waals surface area contributed by atoms with Crippen LogP contribution < -0.4 is 19.5 Å². The summed E-state index contributed by atoms with van der Waals surface area (Å²) in [4.78, 5) is 22.3. The highest BCUT2D eigenvalue weighted by Gasteiger charge is 2.43. The Morgan fingerprint density at radius 3 is 2.69 bits per heavy atom. The molecular weight excluding hydrogens is 354 g/mol. The van der Waals surface area contributed by atoms with Crippen LogP contribution in [0.25, 0.3) is 0 Å². The summed E-state index contributed by atoms with van der Waals surface area (Å²) in [5.74, 6) is -1.06. The van der Waals surface area contributed by atoms with Gasteiger partial charge in [0.1, 0.15) is 0 Å². The van der Waals surface area contributed by atoms with Crippen LogP contribution in [-0.2, 0) is 4.79 Å². The lowest BCUT2D eigenvalue weighted by Gasteiger charge is -2.08. The first-order chi connectivity index (χ1) is 12.2. The van der Waals surface area contributed by atoms with Gasteiger partial charge in [0, 0.05) is 17.8 Å². The maximum Gasteiger partial charge on any atom is 0.586 e. The van der Waals surface area contributed by atoms with Gasteiger partial charge in [-0.15, -0.1) is 8.78 Å². The molecule has 1 aliphatic rings. The van der Waals surface area contributed by atoms with E-state index < -0.39 is 23.7 Å². The first-order valence-corrected chi connectivity index (χ1v) is 7.31. The van der Waals surface area contributed by atoms with Crippen LogP contribution in [0.5, 0.6) is 17.2 Å². The normalized spacial score (nSPS) is 14.0. The van der Waals surface area contributed by atoms with E-state index >= 15 is 0 Å². The predicted octanol–water partition coefficient (Wildman–Crippen LogP) is 3.24. The molecule has 10 heteroatoms. The number of anilines is 1. The number of carbonyl (C=O) groups is 1. The number of fused-ring (bicyclic) bond motifs is 1. The van der Waals surface area contributed by atoms with Crippen molar-refractivity contribution in [2.24, 2.45) is 0 Å². The summed E-state index contributed by atoms with van der Waals surface area (Å²) in [6, 6.07) is 8.06. The van der Waals surface area contributed by atoms with Crippen LogP contribution in [0.2, 0.25) is 0 Å². The molecule has 2 aromatic rings. The Morgan fingerprint density at radius 1 is 1.23 bits per heavy atom. The van der Waals surface area contributed by atoms with E-state index in [0.29, 0.717) is 5.56 Å². The fraction of sp³-hybridized carbons (Fsp3) is 0.188. The van der Waals surface area contributed by atoms with Gasteiger partial charge in [-0.3, -0.25) is 14.9 Å². The van der Waals surface area contributed by atoms with E-state index in [-0.39, 0.29) is 28.6 Å². The third-order valence-electron chi connectivity index (χ3n) is 3.35. The van der Waals surface area contributed by atoms with Gasteiger partial charge in [0.15, 0.2) is 23.9 Å². The Kier molecular flexibility index (Phi) is 4.33. The van der Waals surface area contributed by atoms with Crippen LogP contribution in [0.4, 0.5) is 20.2 Å². The van der Waals surface area contributed by atoms with Crippen LogP contribution >= 0.6 is 0 Å². The second-order valence-electron chi connectivity index (χ2n) is 5.39. The molecule has 0 radical (unpaired) electrons. The number of alkyl halides is 2. The van der Waals surface area contributed by atoms with E-state index in [4.69, 9.17) is 4.74 Å². The average Bonchev–Trinajstić information content (AvgIpc) is 2.86. The summed E-state index contributed by atoms with van der Waals surface area (Å²) in [5, 5.41) is 13.4. The maximum atomic E-state index is 13.0. The number of ether oxygens (including phenoxy) is 3. The molecule has 1 aliphatic heterocycles. The number of carbonyl (C=O) groups excluding carboxylic acids is 1. The molecule has 0 unspecified atom stereocenters. The average molecular weight is 366 g/mol. The summed E-state index contributed by atoms with van der Waals surface area (Å²) >= 11 is 0. The van der Waals surface area contributed by atoms with Crippen molar-refractivity contribution < 1.29 is 32.7 Å². The Hall–Kier alpha value is -3.43. The number of hydrogen-bond acceptors (Lipinski definition) is 6. The third kappa shape index (κ3) is 3.79. The van der Waals surface area contributed by atoms with Crippen molar-refractivity contribution in [3.05, 3.63) is 52.1 Å². The first kappa shape index (κ1) is 17.4. The SMILES string of the molecule is Cc1ccc(OCC(=O)Nc2ccc3c(c2)OC(F)(F)O3)c([N+](=O)[O-])c1. The topological polar surface area (TPSA) is 99.9 Å². The zero-order valence-electron chi connectivity index (χ0n) is 13.3. The number of aryl methyl sites for hydroxylation is 1. The highest BCUT2D eigenvalue weighted by molar-refractivity contribution is 5.92. The summed E-state index contributed by atoms with van der Waals surface area (Å²) in [7, 11) is 0. The molecule has 1 amide bonds. The molecule has 3 rings (SSSR count). The Morgan fingerprint density at radius 2 is 1.96 bits per heavy atom. The highest BCUT2D eigenvalue weighted by atomic mass is 19.3. The molecule has 0 saturated carbocycles. The van der Waals surface area contributed by atoms with E-state index in [2.05, 4.69) is 14.8 Å². The van der Waals surface area contributed by atoms with Gasteiger partial charge in [-0.25, -0.2) is 0 Å². The van der Waals surface area contributed by atoms with Gasteiger partial charge in [0.2, 0.25) is 0 Å². The van der Waals surface area contributed by atoms with E-state index in [1.165, 1.54) is 30.3 Å². The number of nitrogens with zero attached hydrogens (tertiary/aromatic N) is 1. The van der Waals surface area contributed by atoms with Gasteiger partial charge >= 0.3 is 12.0 Å². The number of amides is 1. The lowest BCUT2D eigenvalue weighted by Crippen LogP contribution is -2.25. The van der Waals surface area contributed by atoms with Crippen molar-refractivity contribution in [3.8, 4) is 17.2 Å². The minimum atomic E-state index is -3.75. The highest BCUT2D eigenvalue weighted by Crippen LogP contribution is 2.42. The predicted molar refractivity (Wildman–Crippen MR) is 84.6 cm³/mol. The molecular formula is C16H12F2N2O6. The van der Waals surface area contributed by atoms with Crippen LogP contribution in [0.15, 0.2) is 36.4 Å². The minimum Gasteiger partial charge on any atom is -0.477 e. The summed E-state index contributed by atoms with van der Waals surface area (Å²) < 4.78 is 39.6. The summed E-state index contributed by atoms with van der Waals surface area (Å²) in [5.41, 5.74) is 0.589. The molecule has 0 bridgehead atoms. The van der Waals surface area contributed by atoms with Crippen molar-refractivity contribution in [1.29, 1.82) is 0 Å². The quantitative estimate of drug-likeness (QED) is 0.644. The molecule has 8 nitrogen and oxygen atoms in total. The zero-order valence-corrected chi connectivity index (χ0v) is 13.3. The maximum absolute atomic E-state index is 13.0. The summed E-state index contributed by atoms with van der Waals surface area (Å²) in [6.07, 6.45) is -3.75. The molecule has 0 aromatic heterocycles. The molecule has 136 valence electrons. The number of nitro benzene ring substituents is 1. The Labute approximate surface area is 145 Å². The Bertz CT molecular complexity index is 887. The van der Waals surface area contributed by atoms with Crippen molar-refractivity contribution in [1.82, 2.24) is 0 Å². The molecule has 26 heavy (non-hydrogen) atoms. The van der Waals surface area contributed by atoms with Gasteiger partial charge in [-0.2, -0.15) is 0 Å². The van der Waals surface area contributed by atoms with Crippen LogP contribution in [-0.4, -0.2) is 23.7 Å². The van der Waals surface area contributed by atoms with E-state index in [1.54, 1.807) is 13.0 Å². The molecule has 0 aliphatic carbocycles. The zero-order chi connectivity index (χ0) is 18.9. The van der Waals surface area contributed by atoms with Crippen LogP contribution in [0, 0.1) is 17.0 Å². The molecule has 1 heterocycles. The molecule has 0 fully saturated rings. The van der Waals surface area contributed by atoms with Crippen molar-refractivity contribution >= 4 is 17.3 Å². The van der Waals surface area contributed by atoms with Crippen molar-refractivity contribution in [3.63, 3.8) is 0 Å². The first-order valence-electron chi connectivity index (χ1n) is 7.31. The lowest BCUT2D eigenvalue weighted by molar-refractivity contribution is -0.385. The van der Waals surface area contributed by atoms with Crippen LogP contribution in [0.1, 0.15) is 5.56 Å². The standard InChI is InChI=1S/C16H12F2N2O6/c1-9-2-4-12(11(6-9)20(22)23)24-8-15(21)19-10-3-5-13-14(7-10)26-16(17,18)25-13/h2-7H,8H2,1H3,(H,19,21). The lowest BCUT2D eigenvalue weighted by atomic mass is 10.2. The monoisotopic (exact) mass is 366 g/mol.